The Kier molecular flexibility index (Phi) is 5.56. The third kappa shape index (κ3) is 4.05. The van der Waals surface area contributed by atoms with E-state index in [2.05, 4.69) is 0 Å². The molecule has 1 amide bonds. The number of carbonyl (C=O) groups is 1. The highest BCUT2D eigenvalue weighted by atomic mass is 16.3. The zero-order valence-corrected chi connectivity index (χ0v) is 11.9. The van der Waals surface area contributed by atoms with Gasteiger partial charge in [0.2, 0.25) is 5.91 Å². The third-order valence-corrected chi connectivity index (χ3v) is 4.03. The fraction of sp³-hybridized carbons (Fsp3) is 0.562. The zero-order valence-electron chi connectivity index (χ0n) is 11.9. The zero-order chi connectivity index (χ0) is 14.4. The molecule has 4 nitrogen and oxygen atoms in total. The van der Waals surface area contributed by atoms with E-state index in [1.807, 2.05) is 35.2 Å². The van der Waals surface area contributed by atoms with Crippen molar-refractivity contribution in [1.82, 2.24) is 4.90 Å². The van der Waals surface area contributed by atoms with Gasteiger partial charge in [-0.25, -0.2) is 0 Å². The second-order valence-electron chi connectivity index (χ2n) is 5.59. The van der Waals surface area contributed by atoms with E-state index < -0.39 is 0 Å². The van der Waals surface area contributed by atoms with Gasteiger partial charge in [-0.3, -0.25) is 4.79 Å². The van der Waals surface area contributed by atoms with Crippen LogP contribution >= 0.6 is 0 Å². The van der Waals surface area contributed by atoms with E-state index in [0.717, 1.165) is 24.9 Å². The van der Waals surface area contributed by atoms with E-state index in [4.69, 9.17) is 5.73 Å². The van der Waals surface area contributed by atoms with Crippen LogP contribution in [0.5, 0.6) is 0 Å². The van der Waals surface area contributed by atoms with Gasteiger partial charge in [0.15, 0.2) is 0 Å². The smallest absolute Gasteiger partial charge is 0.222 e. The Hall–Kier alpha value is -1.39. The number of rotatable bonds is 5. The van der Waals surface area contributed by atoms with E-state index in [1.54, 1.807) is 0 Å². The Morgan fingerprint density at radius 1 is 1.40 bits per heavy atom. The Morgan fingerprint density at radius 3 is 2.85 bits per heavy atom. The van der Waals surface area contributed by atoms with Crippen LogP contribution in [0.4, 0.5) is 0 Å². The first-order chi connectivity index (χ1) is 9.70. The van der Waals surface area contributed by atoms with Crippen LogP contribution < -0.4 is 5.73 Å². The van der Waals surface area contributed by atoms with E-state index >= 15 is 0 Å². The van der Waals surface area contributed by atoms with Crippen LogP contribution in [-0.4, -0.2) is 35.6 Å². The molecule has 2 atom stereocenters. The van der Waals surface area contributed by atoms with Gasteiger partial charge in [-0.05, 0) is 30.7 Å². The minimum absolute atomic E-state index is 0.0846. The lowest BCUT2D eigenvalue weighted by Gasteiger charge is -2.32. The summed E-state index contributed by atoms with van der Waals surface area (Å²) in [5.74, 6) is 0.407. The maximum Gasteiger partial charge on any atom is 0.222 e. The molecule has 1 aromatic carbocycles. The topological polar surface area (TPSA) is 66.6 Å². The lowest BCUT2D eigenvalue weighted by Crippen LogP contribution is -2.41. The molecule has 0 spiro atoms. The minimum Gasteiger partial charge on any atom is -0.396 e. The fourth-order valence-electron chi connectivity index (χ4n) is 2.74. The van der Waals surface area contributed by atoms with Gasteiger partial charge in [0.05, 0.1) is 0 Å². The molecule has 0 aliphatic carbocycles. The number of benzene rings is 1. The number of aliphatic hydroxyl groups is 1. The average Bonchev–Trinajstić information content (AvgIpc) is 2.53. The molecule has 4 heteroatoms. The number of carbonyl (C=O) groups excluding carboxylic acids is 1. The molecule has 1 aliphatic rings. The van der Waals surface area contributed by atoms with Crippen LogP contribution in [0.15, 0.2) is 30.3 Å². The Labute approximate surface area is 120 Å². The van der Waals surface area contributed by atoms with Crippen LogP contribution in [0.3, 0.4) is 0 Å². The quantitative estimate of drug-likeness (QED) is 0.860. The van der Waals surface area contributed by atoms with Gasteiger partial charge in [0.1, 0.15) is 0 Å². The molecule has 0 radical (unpaired) electrons. The first kappa shape index (κ1) is 15.0. The molecule has 110 valence electrons. The number of likely N-dealkylation sites (tertiary alicyclic amines) is 1. The lowest BCUT2D eigenvalue weighted by atomic mass is 9.98. The number of hydrogen-bond donors (Lipinski definition) is 2. The summed E-state index contributed by atoms with van der Waals surface area (Å²) < 4.78 is 0. The molecule has 3 N–H and O–H groups in total. The van der Waals surface area contributed by atoms with Crippen LogP contribution in [-0.2, 0) is 4.79 Å². The molecule has 1 fully saturated rings. The van der Waals surface area contributed by atoms with Gasteiger partial charge in [-0.2, -0.15) is 0 Å². The average molecular weight is 276 g/mol. The van der Waals surface area contributed by atoms with Crippen molar-refractivity contribution in [3.63, 3.8) is 0 Å². The number of amides is 1. The molecular weight excluding hydrogens is 252 g/mol. The number of nitrogens with zero attached hydrogens (tertiary/aromatic N) is 1. The largest absolute Gasteiger partial charge is 0.396 e. The highest BCUT2D eigenvalue weighted by Crippen LogP contribution is 2.19. The Morgan fingerprint density at radius 2 is 2.15 bits per heavy atom. The van der Waals surface area contributed by atoms with Gasteiger partial charge in [0.25, 0.3) is 0 Å². The first-order valence-electron chi connectivity index (χ1n) is 7.40. The van der Waals surface area contributed by atoms with Crippen LogP contribution in [0.1, 0.15) is 37.3 Å². The van der Waals surface area contributed by atoms with Crippen molar-refractivity contribution in [3.8, 4) is 0 Å². The minimum atomic E-state index is -0.0846. The molecule has 20 heavy (non-hydrogen) atoms. The van der Waals surface area contributed by atoms with Crippen molar-refractivity contribution in [3.05, 3.63) is 35.9 Å². The van der Waals surface area contributed by atoms with E-state index in [9.17, 15) is 9.90 Å². The molecule has 0 bridgehead atoms. The molecule has 0 aromatic heterocycles. The first-order valence-corrected chi connectivity index (χ1v) is 7.40. The summed E-state index contributed by atoms with van der Waals surface area (Å²) in [6, 6.07) is 9.81. The summed E-state index contributed by atoms with van der Waals surface area (Å²) in [7, 11) is 0. The lowest BCUT2D eigenvalue weighted by molar-refractivity contribution is -0.133. The molecule has 1 saturated heterocycles. The number of piperidine rings is 1. The molecular formula is C16H24N2O2. The van der Waals surface area contributed by atoms with Gasteiger partial charge >= 0.3 is 0 Å². The SMILES string of the molecule is NC(CCC(=O)N1CCCC(CO)C1)c1ccccc1. The van der Waals surface area contributed by atoms with E-state index in [1.165, 1.54) is 0 Å². The van der Waals surface area contributed by atoms with Crippen molar-refractivity contribution >= 4 is 5.91 Å². The Balaban J connectivity index is 1.80. The highest BCUT2D eigenvalue weighted by Gasteiger charge is 2.23. The number of nitrogens with two attached hydrogens (primary N) is 1. The maximum absolute atomic E-state index is 12.2. The predicted molar refractivity (Wildman–Crippen MR) is 79.0 cm³/mol. The summed E-state index contributed by atoms with van der Waals surface area (Å²) in [5, 5.41) is 9.20. The van der Waals surface area contributed by atoms with Crippen LogP contribution in [0, 0.1) is 5.92 Å². The monoisotopic (exact) mass is 276 g/mol. The van der Waals surface area contributed by atoms with E-state index in [0.29, 0.717) is 19.4 Å². The molecule has 1 aromatic rings. The summed E-state index contributed by atoms with van der Waals surface area (Å²) in [4.78, 5) is 14.1. The standard InChI is InChI=1S/C16H24N2O2/c17-15(14-6-2-1-3-7-14)8-9-16(20)18-10-4-5-13(11-18)12-19/h1-3,6-7,13,15,19H,4-5,8-12,17H2. The highest BCUT2D eigenvalue weighted by molar-refractivity contribution is 5.76. The second kappa shape index (κ2) is 7.41. The van der Waals surface area contributed by atoms with Gasteiger partial charge in [-0.15, -0.1) is 0 Å². The van der Waals surface area contributed by atoms with Crippen molar-refractivity contribution in [2.24, 2.45) is 11.7 Å². The molecule has 1 heterocycles. The van der Waals surface area contributed by atoms with Crippen molar-refractivity contribution in [2.75, 3.05) is 19.7 Å². The van der Waals surface area contributed by atoms with Crippen molar-refractivity contribution in [2.45, 2.75) is 31.7 Å². The normalized spacial score (nSPS) is 20.7. The van der Waals surface area contributed by atoms with Crippen molar-refractivity contribution in [1.29, 1.82) is 0 Å². The van der Waals surface area contributed by atoms with Gasteiger partial charge in [-0.1, -0.05) is 30.3 Å². The molecule has 0 saturated carbocycles. The maximum atomic E-state index is 12.2. The van der Waals surface area contributed by atoms with Gasteiger partial charge < -0.3 is 15.7 Å². The Bertz CT molecular complexity index is 422. The molecule has 2 rings (SSSR count). The summed E-state index contributed by atoms with van der Waals surface area (Å²) in [6.45, 7) is 1.68. The number of hydrogen-bond acceptors (Lipinski definition) is 3. The van der Waals surface area contributed by atoms with Crippen LogP contribution in [0.2, 0.25) is 0 Å². The summed E-state index contributed by atoms with van der Waals surface area (Å²) in [5.41, 5.74) is 7.19. The van der Waals surface area contributed by atoms with Crippen molar-refractivity contribution < 1.29 is 9.90 Å². The number of aliphatic hydroxyl groups excluding tert-OH is 1. The third-order valence-electron chi connectivity index (χ3n) is 4.03. The summed E-state index contributed by atoms with van der Waals surface area (Å²) in [6.07, 6.45) is 3.16. The summed E-state index contributed by atoms with van der Waals surface area (Å²) >= 11 is 0. The fourth-order valence-corrected chi connectivity index (χ4v) is 2.74. The van der Waals surface area contributed by atoms with E-state index in [-0.39, 0.29) is 24.5 Å². The molecule has 1 aliphatic heterocycles. The molecule has 2 unspecified atom stereocenters. The predicted octanol–water partition coefficient (Wildman–Crippen LogP) is 1.70. The van der Waals surface area contributed by atoms with Crippen LogP contribution in [0.25, 0.3) is 0 Å². The van der Waals surface area contributed by atoms with Gasteiger partial charge in [0, 0.05) is 32.2 Å². The second-order valence-corrected chi connectivity index (χ2v) is 5.59.